The Kier molecular flexibility index (Phi) is 4.82. The molecule has 30 heavy (non-hydrogen) atoms. The molecule has 0 bridgehead atoms. The monoisotopic (exact) mass is 404 g/mol. The third-order valence-electron chi connectivity index (χ3n) is 6.02. The van der Waals surface area contributed by atoms with Crippen molar-refractivity contribution in [2.45, 2.75) is 31.3 Å². The maximum atomic E-state index is 12.7. The molecule has 0 radical (unpaired) electrons. The minimum atomic E-state index is 0.137. The van der Waals surface area contributed by atoms with Crippen LogP contribution in [0, 0.1) is 0 Å². The molecule has 2 fully saturated rings. The van der Waals surface area contributed by atoms with Gasteiger partial charge in [0.1, 0.15) is 0 Å². The first kappa shape index (κ1) is 18.6. The van der Waals surface area contributed by atoms with Gasteiger partial charge < -0.3 is 14.5 Å². The summed E-state index contributed by atoms with van der Waals surface area (Å²) in [7, 11) is 1.60. The van der Waals surface area contributed by atoms with Crippen LogP contribution >= 0.6 is 0 Å². The average Bonchev–Trinajstić information content (AvgIpc) is 3.49. The molecule has 2 aromatic heterocycles. The largest absolute Gasteiger partial charge is 0.494 e. The topological polar surface area (TPSA) is 76.4 Å². The first-order chi connectivity index (χ1) is 14.7. The van der Waals surface area contributed by atoms with Gasteiger partial charge in [0.05, 0.1) is 43.5 Å². The van der Waals surface area contributed by atoms with Crippen molar-refractivity contribution < 1.29 is 9.53 Å². The van der Waals surface area contributed by atoms with Gasteiger partial charge in [0, 0.05) is 25.7 Å². The molecule has 0 unspecified atom stereocenters. The lowest BCUT2D eigenvalue weighted by atomic mass is 10.1. The van der Waals surface area contributed by atoms with Gasteiger partial charge in [-0.2, -0.15) is 5.10 Å². The van der Waals surface area contributed by atoms with Crippen molar-refractivity contribution in [2.75, 3.05) is 25.1 Å². The lowest BCUT2D eigenvalue weighted by Crippen LogP contribution is -2.38. The number of rotatable bonds is 6. The SMILES string of the molecule is COc1cnc(N2CC[C@H]3[C@@H]2CC(=O)N3CCc2cnn(-c3ccccc3)c2)nc1. The predicted molar refractivity (Wildman–Crippen MR) is 112 cm³/mol. The first-order valence-electron chi connectivity index (χ1n) is 10.2. The van der Waals surface area contributed by atoms with Crippen molar-refractivity contribution in [2.24, 2.45) is 0 Å². The standard InChI is InChI=1S/C22H24N6O2/c1-30-18-13-23-22(24-14-18)27-10-8-19-20(27)11-21(29)26(19)9-7-16-12-25-28(15-16)17-5-3-2-4-6-17/h2-6,12-15,19-20H,7-11H2,1H3/t19-,20-/m0/s1. The van der Waals surface area contributed by atoms with Gasteiger partial charge in [0.25, 0.3) is 0 Å². The molecule has 0 spiro atoms. The fraction of sp³-hybridized carbons (Fsp3) is 0.364. The second-order valence-electron chi connectivity index (χ2n) is 7.71. The van der Waals surface area contributed by atoms with Crippen LogP contribution in [0.15, 0.2) is 55.1 Å². The highest BCUT2D eigenvalue weighted by atomic mass is 16.5. The Bertz CT molecular complexity index is 1020. The Labute approximate surface area is 175 Å². The van der Waals surface area contributed by atoms with E-state index in [2.05, 4.69) is 20.0 Å². The van der Waals surface area contributed by atoms with Crippen molar-refractivity contribution in [3.05, 3.63) is 60.7 Å². The van der Waals surface area contributed by atoms with Gasteiger partial charge in [-0.3, -0.25) is 4.79 Å². The maximum absolute atomic E-state index is 12.7. The molecular formula is C22H24N6O2. The van der Waals surface area contributed by atoms with Gasteiger partial charge >= 0.3 is 0 Å². The minimum absolute atomic E-state index is 0.137. The van der Waals surface area contributed by atoms with Crippen molar-refractivity contribution in [3.8, 4) is 11.4 Å². The van der Waals surface area contributed by atoms with Gasteiger partial charge in [0.15, 0.2) is 5.75 Å². The van der Waals surface area contributed by atoms with Crippen LogP contribution in [0.4, 0.5) is 5.95 Å². The molecule has 0 N–H and O–H groups in total. The number of methoxy groups -OCH3 is 1. The number of hydrogen-bond acceptors (Lipinski definition) is 6. The van der Waals surface area contributed by atoms with Crippen LogP contribution in [-0.2, 0) is 11.2 Å². The summed E-state index contributed by atoms with van der Waals surface area (Å²) in [4.78, 5) is 25.8. The van der Waals surface area contributed by atoms with Gasteiger partial charge in [-0.05, 0) is 30.5 Å². The number of carbonyl (C=O) groups excluding carboxylic acids is 1. The minimum Gasteiger partial charge on any atom is -0.494 e. The van der Waals surface area contributed by atoms with Crippen LogP contribution in [0.5, 0.6) is 5.75 Å². The predicted octanol–water partition coefficient (Wildman–Crippen LogP) is 2.09. The Morgan fingerprint density at radius 1 is 1.10 bits per heavy atom. The molecule has 1 amide bonds. The summed E-state index contributed by atoms with van der Waals surface area (Å²) in [5, 5.41) is 4.46. The average molecular weight is 404 g/mol. The molecule has 2 atom stereocenters. The summed E-state index contributed by atoms with van der Waals surface area (Å²) in [6.45, 7) is 1.56. The highest BCUT2D eigenvalue weighted by Gasteiger charge is 2.47. The number of anilines is 1. The Morgan fingerprint density at radius 2 is 1.90 bits per heavy atom. The summed E-state index contributed by atoms with van der Waals surface area (Å²) in [5.41, 5.74) is 2.16. The lowest BCUT2D eigenvalue weighted by molar-refractivity contribution is -0.129. The van der Waals surface area contributed by atoms with Crippen LogP contribution < -0.4 is 9.64 Å². The number of nitrogens with zero attached hydrogens (tertiary/aromatic N) is 6. The van der Waals surface area contributed by atoms with Gasteiger partial charge in [0.2, 0.25) is 11.9 Å². The van der Waals surface area contributed by atoms with E-state index >= 15 is 0 Å². The second-order valence-corrected chi connectivity index (χ2v) is 7.71. The van der Waals surface area contributed by atoms with E-state index < -0.39 is 0 Å². The smallest absolute Gasteiger partial charge is 0.225 e. The number of para-hydroxylation sites is 1. The molecule has 2 saturated heterocycles. The van der Waals surface area contributed by atoms with Gasteiger partial charge in [-0.1, -0.05) is 18.2 Å². The number of fused-ring (bicyclic) bond motifs is 1. The molecule has 3 aromatic rings. The molecule has 0 saturated carbocycles. The molecular weight excluding hydrogens is 380 g/mol. The zero-order chi connectivity index (χ0) is 20.5. The van der Waals surface area contributed by atoms with E-state index in [0.717, 1.165) is 30.6 Å². The highest BCUT2D eigenvalue weighted by Crippen LogP contribution is 2.34. The summed E-state index contributed by atoms with van der Waals surface area (Å²) in [5.74, 6) is 1.51. The molecule has 2 aliphatic heterocycles. The molecule has 154 valence electrons. The number of benzene rings is 1. The van der Waals surface area contributed by atoms with E-state index in [0.29, 0.717) is 24.7 Å². The van der Waals surface area contributed by atoms with Crippen molar-refractivity contribution in [1.29, 1.82) is 0 Å². The number of amides is 1. The molecule has 0 aliphatic carbocycles. The summed E-state index contributed by atoms with van der Waals surface area (Å²) < 4.78 is 7.02. The van der Waals surface area contributed by atoms with Gasteiger partial charge in [-0.25, -0.2) is 14.6 Å². The normalized spacial score (nSPS) is 20.6. The number of ether oxygens (including phenoxy) is 1. The number of likely N-dealkylation sites (tertiary alicyclic amines) is 1. The third kappa shape index (κ3) is 3.38. The number of carbonyl (C=O) groups is 1. The summed E-state index contributed by atoms with van der Waals surface area (Å²) >= 11 is 0. The van der Waals surface area contributed by atoms with Gasteiger partial charge in [-0.15, -0.1) is 0 Å². The highest BCUT2D eigenvalue weighted by molar-refractivity contribution is 5.81. The van der Waals surface area contributed by atoms with E-state index in [1.807, 2.05) is 52.3 Å². The van der Waals surface area contributed by atoms with Crippen molar-refractivity contribution in [1.82, 2.24) is 24.6 Å². The second kappa shape index (κ2) is 7.78. The zero-order valence-electron chi connectivity index (χ0n) is 16.9. The molecule has 8 heteroatoms. The van der Waals surface area contributed by atoms with E-state index in [1.54, 1.807) is 19.5 Å². The summed E-state index contributed by atoms with van der Waals surface area (Å²) in [6.07, 6.45) is 9.53. The summed E-state index contributed by atoms with van der Waals surface area (Å²) in [6, 6.07) is 10.4. The number of hydrogen-bond donors (Lipinski definition) is 0. The first-order valence-corrected chi connectivity index (χ1v) is 10.2. The van der Waals surface area contributed by atoms with E-state index in [9.17, 15) is 4.79 Å². The van der Waals surface area contributed by atoms with Crippen molar-refractivity contribution in [3.63, 3.8) is 0 Å². The lowest BCUT2D eigenvalue weighted by Gasteiger charge is -2.25. The fourth-order valence-electron chi connectivity index (χ4n) is 4.49. The van der Waals surface area contributed by atoms with Crippen LogP contribution in [0.2, 0.25) is 0 Å². The molecule has 1 aromatic carbocycles. The molecule has 4 heterocycles. The molecule has 8 nitrogen and oxygen atoms in total. The van der Waals surface area contributed by atoms with Crippen LogP contribution in [-0.4, -0.2) is 62.8 Å². The Hall–Kier alpha value is -3.42. The Balaban J connectivity index is 1.24. The van der Waals surface area contributed by atoms with E-state index in [-0.39, 0.29) is 18.0 Å². The van der Waals surface area contributed by atoms with Crippen LogP contribution in [0.1, 0.15) is 18.4 Å². The molecule has 2 aliphatic rings. The van der Waals surface area contributed by atoms with E-state index in [4.69, 9.17) is 4.74 Å². The Morgan fingerprint density at radius 3 is 2.67 bits per heavy atom. The van der Waals surface area contributed by atoms with Crippen LogP contribution in [0.3, 0.4) is 0 Å². The van der Waals surface area contributed by atoms with E-state index in [1.165, 1.54) is 0 Å². The molecule has 5 rings (SSSR count). The number of aromatic nitrogens is 4. The third-order valence-corrected chi connectivity index (χ3v) is 6.02. The maximum Gasteiger partial charge on any atom is 0.225 e. The van der Waals surface area contributed by atoms with Crippen LogP contribution in [0.25, 0.3) is 5.69 Å². The fourth-order valence-corrected chi connectivity index (χ4v) is 4.49. The quantitative estimate of drug-likeness (QED) is 0.626. The zero-order valence-corrected chi connectivity index (χ0v) is 16.9. The van der Waals surface area contributed by atoms with Crippen molar-refractivity contribution >= 4 is 11.9 Å².